The predicted octanol–water partition coefficient (Wildman–Crippen LogP) is 4.12. The standard InChI is InChI=1S/C20H18N4OS/c1-13-3-2-4-14(11-13)19(25)23-15-5-7-16(8-6-15)24-12-22-18(21)17-9-10-26-20(17)24/h2-11H,12H2,1H3,(H2,21,22)(H,23,25). The van der Waals surface area contributed by atoms with Gasteiger partial charge in [0.15, 0.2) is 0 Å². The maximum Gasteiger partial charge on any atom is 0.255 e. The second-order valence-corrected chi connectivity index (χ2v) is 7.02. The van der Waals surface area contributed by atoms with Gasteiger partial charge >= 0.3 is 0 Å². The summed E-state index contributed by atoms with van der Waals surface area (Å²) >= 11 is 1.64. The Balaban J connectivity index is 1.52. The molecule has 4 rings (SSSR count). The van der Waals surface area contributed by atoms with Gasteiger partial charge in [-0.15, -0.1) is 11.3 Å². The smallest absolute Gasteiger partial charge is 0.255 e. The Kier molecular flexibility index (Phi) is 4.18. The summed E-state index contributed by atoms with van der Waals surface area (Å²) in [5.74, 6) is 0.469. The molecule has 0 radical (unpaired) electrons. The van der Waals surface area contributed by atoms with E-state index in [-0.39, 0.29) is 5.91 Å². The molecular formula is C20H18N4OS. The van der Waals surface area contributed by atoms with E-state index in [2.05, 4.69) is 15.2 Å². The molecule has 130 valence electrons. The van der Waals surface area contributed by atoms with Gasteiger partial charge < -0.3 is 16.0 Å². The number of carbonyl (C=O) groups is 1. The number of nitrogens with zero attached hydrogens (tertiary/aromatic N) is 2. The average Bonchev–Trinajstić information content (AvgIpc) is 3.14. The summed E-state index contributed by atoms with van der Waals surface area (Å²) in [7, 11) is 0. The van der Waals surface area contributed by atoms with E-state index in [1.54, 1.807) is 11.3 Å². The zero-order valence-corrected chi connectivity index (χ0v) is 15.1. The van der Waals surface area contributed by atoms with Crippen molar-refractivity contribution in [1.82, 2.24) is 0 Å². The largest absolute Gasteiger partial charge is 0.383 e. The number of nitrogens with two attached hydrogens (primary N) is 1. The molecule has 1 amide bonds. The van der Waals surface area contributed by atoms with Gasteiger partial charge in [-0.1, -0.05) is 17.7 Å². The zero-order chi connectivity index (χ0) is 18.1. The lowest BCUT2D eigenvalue weighted by atomic mass is 10.1. The molecule has 1 aliphatic rings. The van der Waals surface area contributed by atoms with Crippen molar-refractivity contribution in [2.24, 2.45) is 10.7 Å². The Bertz CT molecular complexity index is 991. The SMILES string of the molecule is Cc1cccc(C(=O)Nc2ccc(N3CN=C(N)c4ccsc43)cc2)c1. The number of amides is 1. The zero-order valence-electron chi connectivity index (χ0n) is 14.3. The molecule has 26 heavy (non-hydrogen) atoms. The third kappa shape index (κ3) is 3.07. The van der Waals surface area contributed by atoms with E-state index in [1.807, 2.05) is 66.9 Å². The van der Waals surface area contributed by atoms with Crippen molar-refractivity contribution in [3.8, 4) is 0 Å². The van der Waals surface area contributed by atoms with Crippen LogP contribution in [0.25, 0.3) is 0 Å². The molecule has 2 heterocycles. The third-order valence-electron chi connectivity index (χ3n) is 4.27. The summed E-state index contributed by atoms with van der Waals surface area (Å²) in [6.45, 7) is 2.46. The fourth-order valence-corrected chi connectivity index (χ4v) is 3.84. The number of rotatable bonds is 3. The van der Waals surface area contributed by atoms with Crippen molar-refractivity contribution in [3.63, 3.8) is 0 Å². The number of fused-ring (bicyclic) bond motifs is 1. The van der Waals surface area contributed by atoms with Gasteiger partial charge in [-0.25, -0.2) is 4.99 Å². The Morgan fingerprint density at radius 2 is 2.00 bits per heavy atom. The van der Waals surface area contributed by atoms with Gasteiger partial charge in [0.2, 0.25) is 0 Å². The molecule has 6 heteroatoms. The molecule has 0 spiro atoms. The van der Waals surface area contributed by atoms with E-state index in [0.717, 1.165) is 27.5 Å². The van der Waals surface area contributed by atoms with Crippen LogP contribution in [0.15, 0.2) is 65.0 Å². The normalized spacial score (nSPS) is 13.1. The number of hydrogen-bond donors (Lipinski definition) is 2. The minimum Gasteiger partial charge on any atom is -0.383 e. The minimum absolute atomic E-state index is 0.114. The number of aliphatic imine (C=N–C) groups is 1. The van der Waals surface area contributed by atoms with Crippen molar-refractivity contribution in [3.05, 3.63) is 76.7 Å². The monoisotopic (exact) mass is 362 g/mol. The summed E-state index contributed by atoms with van der Waals surface area (Å²) < 4.78 is 0. The molecule has 0 fully saturated rings. The van der Waals surface area contributed by atoms with Crippen molar-refractivity contribution < 1.29 is 4.79 Å². The molecule has 0 atom stereocenters. The molecule has 0 unspecified atom stereocenters. The number of carbonyl (C=O) groups excluding carboxylic acids is 1. The van der Waals surface area contributed by atoms with Crippen molar-refractivity contribution in [1.29, 1.82) is 0 Å². The summed E-state index contributed by atoms with van der Waals surface area (Å²) in [5, 5.41) is 6.04. The summed E-state index contributed by atoms with van der Waals surface area (Å²) in [6, 6.07) is 17.3. The molecule has 1 aromatic heterocycles. The van der Waals surface area contributed by atoms with E-state index in [1.165, 1.54) is 0 Å². The quantitative estimate of drug-likeness (QED) is 0.736. The fraction of sp³-hybridized carbons (Fsp3) is 0.100. The van der Waals surface area contributed by atoms with Crippen LogP contribution in [-0.4, -0.2) is 18.4 Å². The van der Waals surface area contributed by atoms with Gasteiger partial charge in [0.05, 0.1) is 5.56 Å². The number of thiophene rings is 1. The Hall–Kier alpha value is -3.12. The first-order valence-corrected chi connectivity index (χ1v) is 9.13. The predicted molar refractivity (Wildman–Crippen MR) is 108 cm³/mol. The van der Waals surface area contributed by atoms with Crippen molar-refractivity contribution in [2.75, 3.05) is 16.9 Å². The number of anilines is 3. The molecule has 3 N–H and O–H groups in total. The second kappa shape index (κ2) is 6.65. The highest BCUT2D eigenvalue weighted by Crippen LogP contribution is 2.36. The molecular weight excluding hydrogens is 344 g/mol. The van der Waals surface area contributed by atoms with Crippen LogP contribution < -0.4 is 16.0 Å². The van der Waals surface area contributed by atoms with Crippen LogP contribution >= 0.6 is 11.3 Å². The number of hydrogen-bond acceptors (Lipinski definition) is 5. The van der Waals surface area contributed by atoms with Crippen LogP contribution in [0.4, 0.5) is 16.4 Å². The second-order valence-electron chi connectivity index (χ2n) is 6.12. The maximum atomic E-state index is 12.4. The lowest BCUT2D eigenvalue weighted by Gasteiger charge is -2.26. The summed E-state index contributed by atoms with van der Waals surface area (Å²) in [5.41, 5.74) is 10.4. The molecule has 3 aromatic rings. The van der Waals surface area contributed by atoms with Crippen LogP contribution in [-0.2, 0) is 0 Å². The van der Waals surface area contributed by atoms with E-state index in [9.17, 15) is 4.79 Å². The van der Waals surface area contributed by atoms with Crippen molar-refractivity contribution in [2.45, 2.75) is 6.92 Å². The molecule has 2 aromatic carbocycles. The van der Waals surface area contributed by atoms with Crippen LogP contribution in [0, 0.1) is 6.92 Å². The lowest BCUT2D eigenvalue weighted by molar-refractivity contribution is 0.102. The number of amidine groups is 1. The first-order valence-electron chi connectivity index (χ1n) is 8.25. The van der Waals surface area contributed by atoms with Crippen LogP contribution in [0.2, 0.25) is 0 Å². The Labute approximate surface area is 155 Å². The van der Waals surface area contributed by atoms with Gasteiger partial charge in [-0.3, -0.25) is 4.79 Å². The maximum absolute atomic E-state index is 12.4. The fourth-order valence-electron chi connectivity index (χ4n) is 2.91. The molecule has 5 nitrogen and oxygen atoms in total. The molecule has 0 saturated carbocycles. The van der Waals surface area contributed by atoms with Gasteiger partial charge in [0, 0.05) is 16.9 Å². The van der Waals surface area contributed by atoms with Crippen molar-refractivity contribution >= 4 is 39.5 Å². The Morgan fingerprint density at radius 3 is 2.77 bits per heavy atom. The number of nitrogens with one attached hydrogen (secondary N) is 1. The topological polar surface area (TPSA) is 70.7 Å². The number of aryl methyl sites for hydroxylation is 1. The van der Waals surface area contributed by atoms with Crippen LogP contribution in [0.3, 0.4) is 0 Å². The highest BCUT2D eigenvalue weighted by Gasteiger charge is 2.21. The van der Waals surface area contributed by atoms with Gasteiger partial charge in [-0.2, -0.15) is 0 Å². The highest BCUT2D eigenvalue weighted by atomic mass is 32.1. The van der Waals surface area contributed by atoms with E-state index >= 15 is 0 Å². The highest BCUT2D eigenvalue weighted by molar-refractivity contribution is 7.14. The molecule has 0 aliphatic carbocycles. The van der Waals surface area contributed by atoms with Gasteiger partial charge in [-0.05, 0) is 54.8 Å². The lowest BCUT2D eigenvalue weighted by Crippen LogP contribution is -2.27. The van der Waals surface area contributed by atoms with Gasteiger partial charge in [0.25, 0.3) is 5.91 Å². The Morgan fingerprint density at radius 1 is 1.19 bits per heavy atom. The minimum atomic E-state index is -0.114. The first kappa shape index (κ1) is 16.4. The van der Waals surface area contributed by atoms with E-state index in [4.69, 9.17) is 5.73 Å². The molecule has 0 bridgehead atoms. The molecule has 0 saturated heterocycles. The van der Waals surface area contributed by atoms with Crippen LogP contribution in [0.1, 0.15) is 21.5 Å². The molecule has 1 aliphatic heterocycles. The third-order valence-corrected chi connectivity index (χ3v) is 5.20. The van der Waals surface area contributed by atoms with Crippen LogP contribution in [0.5, 0.6) is 0 Å². The summed E-state index contributed by atoms with van der Waals surface area (Å²) in [6.07, 6.45) is 0. The van der Waals surface area contributed by atoms with E-state index in [0.29, 0.717) is 18.1 Å². The van der Waals surface area contributed by atoms with Gasteiger partial charge in [0.1, 0.15) is 17.5 Å². The van der Waals surface area contributed by atoms with E-state index < -0.39 is 0 Å². The first-order chi connectivity index (χ1) is 12.6. The summed E-state index contributed by atoms with van der Waals surface area (Å²) in [4.78, 5) is 18.9. The average molecular weight is 362 g/mol. The number of benzene rings is 2.